The number of pyridine rings is 1. The third-order valence-corrected chi connectivity index (χ3v) is 6.49. The van der Waals surface area contributed by atoms with Crippen LogP contribution in [0.3, 0.4) is 0 Å². The summed E-state index contributed by atoms with van der Waals surface area (Å²) in [6, 6.07) is 8.53. The number of rotatable bonds is 4. The molecular weight excluding hydrogens is 612 g/mol. The smallest absolute Gasteiger partial charge is 0.426 e. The Hall–Kier alpha value is -4.47. The first-order valence-corrected chi connectivity index (χ1v) is 13.6. The van der Waals surface area contributed by atoms with Gasteiger partial charge in [-0.3, -0.25) is 5.32 Å². The molecule has 3 heterocycles. The van der Waals surface area contributed by atoms with Crippen molar-refractivity contribution in [1.29, 1.82) is 0 Å². The Kier molecular flexibility index (Phi) is 9.56. The van der Waals surface area contributed by atoms with E-state index in [2.05, 4.69) is 25.7 Å². The highest BCUT2D eigenvalue weighted by Crippen LogP contribution is 2.47. The number of nitrogens with zero attached hydrogens (tertiary/aromatic N) is 4. The van der Waals surface area contributed by atoms with Gasteiger partial charge in [0.25, 0.3) is 11.8 Å². The number of nitrogens with one attached hydrogen (secondary N) is 1. The van der Waals surface area contributed by atoms with Crippen LogP contribution in [0.15, 0.2) is 58.1 Å². The molecule has 0 saturated carbocycles. The predicted molar refractivity (Wildman–Crippen MR) is 147 cm³/mol. The number of anilines is 1. The Morgan fingerprint density at radius 2 is 1.73 bits per heavy atom. The second-order valence-corrected chi connectivity index (χ2v) is 11.0. The Morgan fingerprint density at radius 1 is 1.04 bits per heavy atom. The zero-order chi connectivity index (χ0) is 33.0. The number of carbonyl (C=O) groups excluding carboxylic acids is 1. The average molecular weight is 642 g/mol. The summed E-state index contributed by atoms with van der Waals surface area (Å²) in [5.41, 5.74) is -7.82. The van der Waals surface area contributed by atoms with Crippen molar-refractivity contribution in [3.8, 4) is 11.6 Å². The molecule has 0 fully saturated rings. The minimum absolute atomic E-state index is 0.00605. The van der Waals surface area contributed by atoms with Crippen LogP contribution >= 0.6 is 0 Å². The number of alkyl halides is 6. The Labute approximate surface area is 253 Å². The van der Waals surface area contributed by atoms with Gasteiger partial charge in [-0.25, -0.2) is 9.78 Å². The maximum absolute atomic E-state index is 14.9. The topological polar surface area (TPSA) is 132 Å². The summed E-state index contributed by atoms with van der Waals surface area (Å²) >= 11 is 0. The van der Waals surface area contributed by atoms with E-state index in [9.17, 15) is 36.3 Å². The quantitative estimate of drug-likeness (QED) is 0.128. The molecule has 2 N–H and O–H groups in total. The average Bonchev–Trinajstić information content (AvgIpc) is 3.42. The molecule has 1 atom stereocenters. The van der Waals surface area contributed by atoms with E-state index in [4.69, 9.17) is 13.9 Å². The minimum atomic E-state index is -5.09. The molecular formula is C29H29F6N5O5. The van der Waals surface area contributed by atoms with Crippen LogP contribution in [0.25, 0.3) is 11.6 Å². The van der Waals surface area contributed by atoms with E-state index in [0.29, 0.717) is 11.6 Å². The number of oxime groups is 1. The number of aromatic nitrogens is 3. The first-order chi connectivity index (χ1) is 21.0. The molecule has 0 aliphatic carbocycles. The summed E-state index contributed by atoms with van der Waals surface area (Å²) in [6.07, 6.45) is -9.72. The second kappa shape index (κ2) is 12.9. The van der Waals surface area contributed by atoms with Crippen molar-refractivity contribution in [2.75, 3.05) is 5.32 Å². The van der Waals surface area contributed by atoms with Crippen LogP contribution in [0.4, 0.5) is 36.8 Å². The lowest BCUT2D eigenvalue weighted by molar-refractivity contribution is -0.299. The van der Waals surface area contributed by atoms with E-state index < -0.39 is 82.8 Å². The summed E-state index contributed by atoms with van der Waals surface area (Å²) in [5, 5.41) is 22.1. The largest absolute Gasteiger partial charge is 0.444 e. The molecule has 16 heteroatoms. The molecule has 242 valence electrons. The molecule has 2 aromatic heterocycles. The lowest BCUT2D eigenvalue weighted by atomic mass is 9.95. The molecule has 0 unspecified atom stereocenters. The van der Waals surface area contributed by atoms with Crippen molar-refractivity contribution in [3.63, 3.8) is 0 Å². The van der Waals surface area contributed by atoms with Crippen LogP contribution in [0.1, 0.15) is 69.2 Å². The van der Waals surface area contributed by atoms with Gasteiger partial charge in [-0.15, -0.1) is 10.2 Å². The molecule has 4 bridgehead atoms. The summed E-state index contributed by atoms with van der Waals surface area (Å²) < 4.78 is 104. The Balaban J connectivity index is 1.94. The van der Waals surface area contributed by atoms with Crippen molar-refractivity contribution in [2.45, 2.75) is 76.6 Å². The number of ether oxygens (including phenoxy) is 2. The fourth-order valence-corrected chi connectivity index (χ4v) is 4.43. The normalized spacial score (nSPS) is 18.8. The monoisotopic (exact) mass is 641 g/mol. The lowest BCUT2D eigenvalue weighted by Gasteiger charge is -2.32. The molecule has 0 radical (unpaired) electrons. The van der Waals surface area contributed by atoms with Gasteiger partial charge in [0, 0.05) is 0 Å². The summed E-state index contributed by atoms with van der Waals surface area (Å²) in [7, 11) is 0. The highest BCUT2D eigenvalue weighted by molar-refractivity contribution is 6.01. The van der Waals surface area contributed by atoms with E-state index in [-0.39, 0.29) is 19.3 Å². The van der Waals surface area contributed by atoms with Crippen LogP contribution in [-0.2, 0) is 27.9 Å². The molecule has 4 rings (SSSR count). The van der Waals surface area contributed by atoms with Gasteiger partial charge < -0.3 is 19.1 Å². The summed E-state index contributed by atoms with van der Waals surface area (Å²) in [5.74, 6) is -1.80. The van der Waals surface area contributed by atoms with Gasteiger partial charge >= 0.3 is 18.4 Å². The van der Waals surface area contributed by atoms with Crippen LogP contribution in [0, 0.1) is 0 Å². The van der Waals surface area contributed by atoms with Gasteiger partial charge in [0.1, 0.15) is 17.0 Å². The zero-order valence-electron chi connectivity index (χ0n) is 24.3. The zero-order valence-corrected chi connectivity index (χ0v) is 24.3. The highest BCUT2D eigenvalue weighted by Gasteiger charge is 2.61. The molecule has 1 amide bonds. The number of carbonyl (C=O) groups is 1. The fourth-order valence-electron chi connectivity index (χ4n) is 4.43. The van der Waals surface area contributed by atoms with E-state index in [1.165, 1.54) is 32.9 Å². The standard InChI is InChI=1S/C29H29F6N5O5/c1-26(2,3)45-25(41)36-20-15-18(28(30,31)32)21-19(40-42)13-9-4-5-10-14-27(29(33,34)35,43-16-17-11-7-6-8-12-17)24-39-38-23(44-24)22(20)37-21/h4-8,11-12,15,42H,9-10,13-14,16H2,1-3H3,(H,36,41)/t27-/m1/s1. The highest BCUT2D eigenvalue weighted by atomic mass is 19.4. The van der Waals surface area contributed by atoms with E-state index in [1.807, 2.05) is 0 Å². The first kappa shape index (κ1) is 33.4. The van der Waals surface area contributed by atoms with Crippen LogP contribution in [-0.4, -0.2) is 44.0 Å². The molecule has 1 aliphatic rings. The summed E-state index contributed by atoms with van der Waals surface area (Å²) in [6.45, 7) is 4.03. The number of amides is 1. The van der Waals surface area contributed by atoms with Crippen LogP contribution in [0.5, 0.6) is 0 Å². The van der Waals surface area contributed by atoms with Crippen molar-refractivity contribution < 1.29 is 50.2 Å². The number of fused-ring (bicyclic) bond motifs is 5. The number of hydrogen-bond donors (Lipinski definition) is 2. The number of allylic oxidation sites excluding steroid dienone is 2. The van der Waals surface area contributed by atoms with E-state index in [1.54, 1.807) is 30.3 Å². The summed E-state index contributed by atoms with van der Waals surface area (Å²) in [4.78, 5) is 16.6. The molecule has 0 saturated heterocycles. The molecule has 3 aromatic rings. The van der Waals surface area contributed by atoms with Gasteiger partial charge in [0.15, 0.2) is 5.69 Å². The van der Waals surface area contributed by atoms with Gasteiger partial charge in [-0.1, -0.05) is 47.6 Å². The van der Waals surface area contributed by atoms with Crippen molar-refractivity contribution in [2.24, 2.45) is 5.16 Å². The second-order valence-electron chi connectivity index (χ2n) is 11.0. The predicted octanol–water partition coefficient (Wildman–Crippen LogP) is 7.78. The maximum atomic E-state index is 14.9. The van der Waals surface area contributed by atoms with Crippen LogP contribution in [0.2, 0.25) is 0 Å². The van der Waals surface area contributed by atoms with Gasteiger partial charge in [-0.05, 0) is 58.1 Å². The van der Waals surface area contributed by atoms with Crippen molar-refractivity contribution >= 4 is 17.5 Å². The van der Waals surface area contributed by atoms with Crippen molar-refractivity contribution in [3.05, 3.63) is 71.3 Å². The Bertz CT molecular complexity index is 1560. The number of benzene rings is 1. The van der Waals surface area contributed by atoms with E-state index >= 15 is 0 Å². The minimum Gasteiger partial charge on any atom is -0.444 e. The van der Waals surface area contributed by atoms with Crippen molar-refractivity contribution in [1.82, 2.24) is 15.2 Å². The number of hydrogen-bond acceptors (Lipinski definition) is 9. The molecule has 10 nitrogen and oxygen atoms in total. The SMILES string of the molecule is CC(C)(C)OC(=O)Nc1cc(C(F)(F)F)c2nc1-c1nnc(o1)[C@@](OCc1ccccc1)(C(F)(F)F)CCC=CCCC2=NO. The maximum Gasteiger partial charge on any atom is 0.426 e. The van der Waals surface area contributed by atoms with Gasteiger partial charge in [0.05, 0.1) is 17.9 Å². The molecule has 1 aliphatic heterocycles. The lowest BCUT2D eigenvalue weighted by Crippen LogP contribution is -2.45. The van der Waals surface area contributed by atoms with Gasteiger partial charge in [0.2, 0.25) is 5.60 Å². The molecule has 1 aromatic carbocycles. The Morgan fingerprint density at radius 3 is 2.36 bits per heavy atom. The van der Waals surface area contributed by atoms with Gasteiger partial charge in [-0.2, -0.15) is 26.3 Å². The third kappa shape index (κ3) is 7.79. The number of halogens is 6. The molecule has 0 spiro atoms. The van der Waals surface area contributed by atoms with Crippen LogP contribution < -0.4 is 5.32 Å². The molecule has 45 heavy (non-hydrogen) atoms. The first-order valence-electron chi connectivity index (χ1n) is 13.6. The fraction of sp³-hybridized carbons (Fsp3) is 0.414. The van der Waals surface area contributed by atoms with E-state index in [0.717, 1.165) is 0 Å². The third-order valence-electron chi connectivity index (χ3n) is 6.49.